The Kier molecular flexibility index (Phi) is 15.0. The Balaban J connectivity index is -0.000000461. The molecule has 21 heavy (non-hydrogen) atoms. The highest BCUT2D eigenvalue weighted by Gasteiger charge is 2.35. The largest absolute Gasteiger partial charge is 0.418 e. The van der Waals surface area contributed by atoms with E-state index in [1.165, 1.54) is 0 Å². The van der Waals surface area contributed by atoms with Gasteiger partial charge in [0.1, 0.15) is 5.83 Å². The summed E-state index contributed by atoms with van der Waals surface area (Å²) in [6, 6.07) is 0. The van der Waals surface area contributed by atoms with Gasteiger partial charge in [-0.3, -0.25) is 0 Å². The van der Waals surface area contributed by atoms with Crippen molar-refractivity contribution in [2.75, 3.05) is 0 Å². The van der Waals surface area contributed by atoms with E-state index in [1.807, 2.05) is 13.8 Å². The molecule has 0 aromatic carbocycles. The van der Waals surface area contributed by atoms with E-state index < -0.39 is 17.6 Å². The van der Waals surface area contributed by atoms with Crippen LogP contribution in [0.15, 0.2) is 35.7 Å². The molecule has 0 radical (unpaired) electrons. The molecule has 0 rings (SSSR count). The number of alkyl halides is 3. The summed E-state index contributed by atoms with van der Waals surface area (Å²) < 4.78 is 49.9. The standard InChI is InChI=1S/C11H14F4.C4H10.C2H6/c1-5-9(11(13,14)15)10(12)6-8(4)7(2)3;1-4(2)3;1-2/h5-7H,4H2,1-3H3;4H,1-3H3;1-2H3/b9-5+,10-6+;;. The number of hydrogen-bond acceptors (Lipinski definition) is 0. The van der Waals surface area contributed by atoms with Crippen molar-refractivity contribution in [2.24, 2.45) is 11.8 Å². The predicted molar refractivity (Wildman–Crippen MR) is 84.8 cm³/mol. The van der Waals surface area contributed by atoms with E-state index >= 15 is 0 Å². The fourth-order valence-electron chi connectivity index (χ4n) is 0.844. The molecule has 0 unspecified atom stereocenters. The van der Waals surface area contributed by atoms with E-state index in [2.05, 4.69) is 27.4 Å². The van der Waals surface area contributed by atoms with Gasteiger partial charge in [0.05, 0.1) is 5.57 Å². The van der Waals surface area contributed by atoms with Crippen LogP contribution in [0.25, 0.3) is 0 Å². The van der Waals surface area contributed by atoms with E-state index in [0.717, 1.165) is 18.9 Å². The molecule has 0 heterocycles. The molecule has 4 heteroatoms. The van der Waals surface area contributed by atoms with Gasteiger partial charge in [0, 0.05) is 0 Å². The third-order valence-electron chi connectivity index (χ3n) is 1.91. The molecule has 0 spiro atoms. The Morgan fingerprint density at radius 1 is 1.00 bits per heavy atom. The Bertz CT molecular complexity index is 328. The maximum Gasteiger partial charge on any atom is 0.418 e. The number of rotatable bonds is 3. The lowest BCUT2D eigenvalue weighted by Crippen LogP contribution is -2.12. The average Bonchev–Trinajstić information content (AvgIpc) is 2.29. The Morgan fingerprint density at radius 3 is 1.52 bits per heavy atom. The number of allylic oxidation sites excluding steroid dienone is 5. The van der Waals surface area contributed by atoms with Gasteiger partial charge in [0.2, 0.25) is 0 Å². The first-order valence-electron chi connectivity index (χ1n) is 7.23. The normalized spacial score (nSPS) is 12.5. The lowest BCUT2D eigenvalue weighted by atomic mass is 10.0. The molecule has 0 aliphatic heterocycles. The van der Waals surface area contributed by atoms with Crippen molar-refractivity contribution in [1.82, 2.24) is 0 Å². The van der Waals surface area contributed by atoms with Gasteiger partial charge in [-0.05, 0) is 30.4 Å². The smallest absolute Gasteiger partial charge is 0.206 e. The summed E-state index contributed by atoms with van der Waals surface area (Å²) in [5, 5.41) is 0. The molecule has 0 amide bonds. The molecule has 0 aromatic rings. The van der Waals surface area contributed by atoms with Crippen LogP contribution in [0.3, 0.4) is 0 Å². The number of halogens is 4. The van der Waals surface area contributed by atoms with Crippen molar-refractivity contribution in [3.05, 3.63) is 35.7 Å². The third kappa shape index (κ3) is 15.2. The van der Waals surface area contributed by atoms with Gasteiger partial charge in [-0.2, -0.15) is 13.2 Å². The van der Waals surface area contributed by atoms with Crippen molar-refractivity contribution in [3.63, 3.8) is 0 Å². The van der Waals surface area contributed by atoms with Crippen molar-refractivity contribution in [2.45, 2.75) is 61.6 Å². The number of hydrogen-bond donors (Lipinski definition) is 0. The van der Waals surface area contributed by atoms with Crippen LogP contribution in [0.2, 0.25) is 0 Å². The van der Waals surface area contributed by atoms with Crippen molar-refractivity contribution < 1.29 is 17.6 Å². The molecular formula is C17H30F4. The molecule has 0 fully saturated rings. The van der Waals surface area contributed by atoms with Gasteiger partial charge >= 0.3 is 6.18 Å². The van der Waals surface area contributed by atoms with Gasteiger partial charge in [0.25, 0.3) is 0 Å². The van der Waals surface area contributed by atoms with Crippen LogP contribution in [0, 0.1) is 11.8 Å². The highest BCUT2D eigenvalue weighted by molar-refractivity contribution is 5.34. The summed E-state index contributed by atoms with van der Waals surface area (Å²) in [5.74, 6) is -0.536. The van der Waals surface area contributed by atoms with Gasteiger partial charge in [-0.25, -0.2) is 4.39 Å². The fraction of sp³-hybridized carbons (Fsp3) is 0.647. The molecule has 0 aliphatic carbocycles. The zero-order valence-corrected chi connectivity index (χ0v) is 14.5. The van der Waals surface area contributed by atoms with Crippen molar-refractivity contribution in [1.29, 1.82) is 0 Å². The summed E-state index contributed by atoms with van der Waals surface area (Å²) >= 11 is 0. The SMILES string of the molecule is C=C(/C=C(F)\C(=C/C)C(F)(F)F)C(C)C.CC.CC(C)C. The van der Waals surface area contributed by atoms with Crippen molar-refractivity contribution >= 4 is 0 Å². The van der Waals surface area contributed by atoms with Crippen LogP contribution < -0.4 is 0 Å². The van der Waals surface area contributed by atoms with E-state index in [4.69, 9.17) is 0 Å². The molecule has 0 atom stereocenters. The van der Waals surface area contributed by atoms with E-state index in [9.17, 15) is 17.6 Å². The first-order chi connectivity index (χ1) is 9.43. The highest BCUT2D eigenvalue weighted by Crippen LogP contribution is 2.32. The van der Waals surface area contributed by atoms with Crippen LogP contribution in [0.5, 0.6) is 0 Å². The molecule has 0 saturated carbocycles. The monoisotopic (exact) mass is 310 g/mol. The maximum atomic E-state index is 13.2. The van der Waals surface area contributed by atoms with Gasteiger partial charge < -0.3 is 0 Å². The van der Waals surface area contributed by atoms with E-state index in [-0.39, 0.29) is 5.92 Å². The Hall–Kier alpha value is -1.06. The van der Waals surface area contributed by atoms with Crippen LogP contribution in [0.4, 0.5) is 17.6 Å². The van der Waals surface area contributed by atoms with Crippen molar-refractivity contribution in [3.8, 4) is 0 Å². The molecule has 0 nitrogen and oxygen atoms in total. The topological polar surface area (TPSA) is 0 Å². The molecule has 0 N–H and O–H groups in total. The summed E-state index contributed by atoms with van der Waals surface area (Å²) in [7, 11) is 0. The first-order valence-corrected chi connectivity index (χ1v) is 7.23. The predicted octanol–water partition coefficient (Wildman–Crippen LogP) is 7.25. The minimum atomic E-state index is -4.66. The van der Waals surface area contributed by atoms with Gasteiger partial charge in [-0.15, -0.1) is 0 Å². The van der Waals surface area contributed by atoms with E-state index in [0.29, 0.717) is 11.6 Å². The minimum absolute atomic E-state index is 0.0814. The lowest BCUT2D eigenvalue weighted by molar-refractivity contribution is -0.0911. The highest BCUT2D eigenvalue weighted by atomic mass is 19.4. The first kappa shape index (κ1) is 24.9. The third-order valence-corrected chi connectivity index (χ3v) is 1.91. The Morgan fingerprint density at radius 2 is 1.33 bits per heavy atom. The fourth-order valence-corrected chi connectivity index (χ4v) is 0.844. The minimum Gasteiger partial charge on any atom is -0.206 e. The molecule has 0 aromatic heterocycles. The second-order valence-corrected chi connectivity index (χ2v) is 5.15. The summed E-state index contributed by atoms with van der Waals surface area (Å²) in [6.07, 6.45) is -3.13. The second kappa shape index (κ2) is 12.7. The molecule has 126 valence electrons. The molecule has 0 aliphatic rings. The second-order valence-electron chi connectivity index (χ2n) is 5.15. The van der Waals surface area contributed by atoms with Crippen LogP contribution in [-0.2, 0) is 0 Å². The molecular weight excluding hydrogens is 280 g/mol. The quantitative estimate of drug-likeness (QED) is 0.380. The maximum absolute atomic E-state index is 13.2. The van der Waals surface area contributed by atoms with Crippen LogP contribution in [0.1, 0.15) is 55.4 Å². The zero-order valence-electron chi connectivity index (χ0n) is 14.5. The Labute approximate surface area is 127 Å². The van der Waals surface area contributed by atoms with Crippen LogP contribution in [-0.4, -0.2) is 6.18 Å². The summed E-state index contributed by atoms with van der Waals surface area (Å²) in [4.78, 5) is 0. The molecule has 0 saturated heterocycles. The lowest BCUT2D eigenvalue weighted by Gasteiger charge is -2.10. The van der Waals surface area contributed by atoms with E-state index in [1.54, 1.807) is 13.8 Å². The average molecular weight is 310 g/mol. The summed E-state index contributed by atoms with van der Waals surface area (Å²) in [5.41, 5.74) is -0.930. The molecule has 0 bridgehead atoms. The summed E-state index contributed by atoms with van der Waals surface area (Å²) in [6.45, 7) is 18.6. The van der Waals surface area contributed by atoms with Crippen LogP contribution >= 0.6 is 0 Å². The zero-order chi connectivity index (χ0) is 17.8. The van der Waals surface area contributed by atoms with Gasteiger partial charge in [-0.1, -0.05) is 61.1 Å². The van der Waals surface area contributed by atoms with Gasteiger partial charge in [0.15, 0.2) is 0 Å².